The number of halogens is 1. The SMILES string of the molecule is Cc1cc(OC(=O)C2CCCCC2)cc2c1C(=O)/C(=C/c1cccc(Br)c1)O2. The highest BCUT2D eigenvalue weighted by Gasteiger charge is 2.31. The second kappa shape index (κ2) is 7.92. The van der Waals surface area contributed by atoms with Crippen molar-refractivity contribution < 1.29 is 19.1 Å². The standard InChI is InChI=1S/C23H21BrO4/c1-14-10-18(27-23(26)16-7-3-2-4-8-16)13-19-21(14)22(25)20(28-19)12-15-6-5-9-17(24)11-15/h5-6,9-13,16H,2-4,7-8H2,1H3/b20-12-. The summed E-state index contributed by atoms with van der Waals surface area (Å²) in [7, 11) is 0. The van der Waals surface area contributed by atoms with E-state index in [0.29, 0.717) is 17.1 Å². The van der Waals surface area contributed by atoms with Gasteiger partial charge in [0.2, 0.25) is 5.78 Å². The maximum absolute atomic E-state index is 12.8. The zero-order chi connectivity index (χ0) is 19.7. The molecule has 4 nitrogen and oxygen atoms in total. The number of fused-ring (bicyclic) bond motifs is 1. The molecule has 5 heteroatoms. The Hall–Kier alpha value is -2.40. The van der Waals surface area contributed by atoms with E-state index in [2.05, 4.69) is 15.9 Å². The maximum atomic E-state index is 12.8. The third kappa shape index (κ3) is 3.90. The predicted octanol–water partition coefficient (Wildman–Crippen LogP) is 5.86. The van der Waals surface area contributed by atoms with Gasteiger partial charge in [-0.3, -0.25) is 9.59 Å². The van der Waals surface area contributed by atoms with Gasteiger partial charge in [0.25, 0.3) is 0 Å². The number of esters is 1. The lowest BCUT2D eigenvalue weighted by molar-refractivity contribution is -0.139. The first kappa shape index (κ1) is 18.9. The van der Waals surface area contributed by atoms with Crippen LogP contribution in [0.15, 0.2) is 46.6 Å². The summed E-state index contributed by atoms with van der Waals surface area (Å²) >= 11 is 3.43. The van der Waals surface area contributed by atoms with Gasteiger partial charge < -0.3 is 9.47 Å². The van der Waals surface area contributed by atoms with Gasteiger partial charge in [0, 0.05) is 10.5 Å². The van der Waals surface area contributed by atoms with Crippen molar-refractivity contribution in [3.8, 4) is 11.5 Å². The molecular formula is C23H21BrO4. The fraction of sp³-hybridized carbons (Fsp3) is 0.304. The summed E-state index contributed by atoms with van der Waals surface area (Å²) in [6.45, 7) is 1.83. The molecule has 2 aliphatic rings. The molecular weight excluding hydrogens is 420 g/mol. The predicted molar refractivity (Wildman–Crippen MR) is 110 cm³/mol. The first-order valence-corrected chi connectivity index (χ1v) is 10.4. The highest BCUT2D eigenvalue weighted by Crippen LogP contribution is 2.38. The van der Waals surface area contributed by atoms with Crippen LogP contribution in [0.2, 0.25) is 0 Å². The molecule has 0 bridgehead atoms. The van der Waals surface area contributed by atoms with Crippen LogP contribution in [0.3, 0.4) is 0 Å². The lowest BCUT2D eigenvalue weighted by atomic mass is 9.89. The molecule has 1 fully saturated rings. The molecule has 0 saturated heterocycles. The normalized spacial score (nSPS) is 18.1. The Kier molecular flexibility index (Phi) is 5.36. The van der Waals surface area contributed by atoms with E-state index in [1.807, 2.05) is 31.2 Å². The number of carbonyl (C=O) groups is 2. The molecule has 4 rings (SSSR count). The number of aryl methyl sites for hydroxylation is 1. The van der Waals surface area contributed by atoms with Gasteiger partial charge in [0.15, 0.2) is 5.76 Å². The Bertz CT molecular complexity index is 971. The van der Waals surface area contributed by atoms with Crippen LogP contribution in [0.5, 0.6) is 11.5 Å². The molecule has 144 valence electrons. The van der Waals surface area contributed by atoms with E-state index < -0.39 is 0 Å². The minimum Gasteiger partial charge on any atom is -0.452 e. The van der Waals surface area contributed by atoms with E-state index >= 15 is 0 Å². The summed E-state index contributed by atoms with van der Waals surface area (Å²) in [5.74, 6) is 0.774. The minimum atomic E-state index is -0.187. The highest BCUT2D eigenvalue weighted by atomic mass is 79.9. The number of Topliss-reactive ketones (excluding diaryl/α,β-unsaturated/α-hetero) is 1. The van der Waals surface area contributed by atoms with E-state index in [4.69, 9.17) is 9.47 Å². The number of ether oxygens (including phenoxy) is 2. The Balaban J connectivity index is 1.57. The van der Waals surface area contributed by atoms with Crippen LogP contribution in [0.1, 0.15) is 53.6 Å². The van der Waals surface area contributed by atoms with Crippen LogP contribution in [-0.2, 0) is 4.79 Å². The minimum absolute atomic E-state index is 0.0307. The van der Waals surface area contributed by atoms with Gasteiger partial charge in [-0.15, -0.1) is 0 Å². The van der Waals surface area contributed by atoms with Crippen molar-refractivity contribution in [2.24, 2.45) is 5.92 Å². The van der Waals surface area contributed by atoms with Crippen LogP contribution < -0.4 is 9.47 Å². The molecule has 1 saturated carbocycles. The van der Waals surface area contributed by atoms with Crippen LogP contribution in [0.25, 0.3) is 6.08 Å². The van der Waals surface area contributed by atoms with Gasteiger partial charge in [-0.1, -0.05) is 47.3 Å². The van der Waals surface area contributed by atoms with E-state index in [1.165, 1.54) is 6.42 Å². The Morgan fingerprint density at radius 3 is 2.71 bits per heavy atom. The number of ketones is 1. The summed E-state index contributed by atoms with van der Waals surface area (Å²) in [4.78, 5) is 25.2. The van der Waals surface area contributed by atoms with Crippen molar-refractivity contribution in [3.05, 3.63) is 63.3 Å². The third-order valence-corrected chi connectivity index (χ3v) is 5.74. The monoisotopic (exact) mass is 440 g/mol. The lowest BCUT2D eigenvalue weighted by Crippen LogP contribution is -2.22. The van der Waals surface area contributed by atoms with Gasteiger partial charge >= 0.3 is 5.97 Å². The molecule has 0 amide bonds. The number of hydrogen-bond donors (Lipinski definition) is 0. The second-order valence-electron chi connectivity index (χ2n) is 7.36. The first-order chi connectivity index (χ1) is 13.5. The number of benzene rings is 2. The smallest absolute Gasteiger partial charge is 0.314 e. The van der Waals surface area contributed by atoms with Gasteiger partial charge in [-0.2, -0.15) is 0 Å². The number of allylic oxidation sites excluding steroid dienone is 1. The third-order valence-electron chi connectivity index (χ3n) is 5.25. The summed E-state index contributed by atoms with van der Waals surface area (Å²) in [6.07, 6.45) is 6.83. The molecule has 28 heavy (non-hydrogen) atoms. The summed E-state index contributed by atoms with van der Waals surface area (Å²) < 4.78 is 12.4. The summed E-state index contributed by atoms with van der Waals surface area (Å²) in [5.41, 5.74) is 2.14. The zero-order valence-corrected chi connectivity index (χ0v) is 17.3. The average Bonchev–Trinajstić information content (AvgIpc) is 2.98. The van der Waals surface area contributed by atoms with Crippen LogP contribution >= 0.6 is 15.9 Å². The molecule has 0 atom stereocenters. The van der Waals surface area contributed by atoms with Gasteiger partial charge in [-0.25, -0.2) is 0 Å². The Morgan fingerprint density at radius 1 is 1.18 bits per heavy atom. The molecule has 2 aromatic carbocycles. The molecule has 0 unspecified atom stereocenters. The highest BCUT2D eigenvalue weighted by molar-refractivity contribution is 9.10. The van der Waals surface area contributed by atoms with E-state index in [-0.39, 0.29) is 23.4 Å². The fourth-order valence-corrected chi connectivity index (χ4v) is 4.24. The average molecular weight is 441 g/mol. The van der Waals surface area contributed by atoms with Crippen LogP contribution in [-0.4, -0.2) is 11.8 Å². The van der Waals surface area contributed by atoms with E-state index in [0.717, 1.165) is 41.3 Å². The first-order valence-electron chi connectivity index (χ1n) is 9.57. The van der Waals surface area contributed by atoms with Crippen LogP contribution in [0.4, 0.5) is 0 Å². The van der Waals surface area contributed by atoms with Crippen molar-refractivity contribution in [1.82, 2.24) is 0 Å². The lowest BCUT2D eigenvalue weighted by Gasteiger charge is -2.20. The number of hydrogen-bond acceptors (Lipinski definition) is 4. The largest absolute Gasteiger partial charge is 0.452 e. The maximum Gasteiger partial charge on any atom is 0.314 e. The number of carbonyl (C=O) groups excluding carboxylic acids is 2. The molecule has 0 N–H and O–H groups in total. The molecule has 2 aromatic rings. The van der Waals surface area contributed by atoms with Crippen molar-refractivity contribution >= 4 is 33.8 Å². The Labute approximate surface area is 172 Å². The van der Waals surface area contributed by atoms with Gasteiger partial charge in [-0.05, 0) is 55.2 Å². The van der Waals surface area contributed by atoms with E-state index in [1.54, 1.807) is 18.2 Å². The van der Waals surface area contributed by atoms with Gasteiger partial charge in [0.1, 0.15) is 11.5 Å². The Morgan fingerprint density at radius 2 is 1.96 bits per heavy atom. The fourth-order valence-electron chi connectivity index (χ4n) is 3.82. The molecule has 0 radical (unpaired) electrons. The quantitative estimate of drug-likeness (QED) is 0.340. The van der Waals surface area contributed by atoms with Gasteiger partial charge in [0.05, 0.1) is 11.5 Å². The summed E-state index contributed by atoms with van der Waals surface area (Å²) in [6, 6.07) is 11.0. The second-order valence-corrected chi connectivity index (χ2v) is 8.28. The van der Waals surface area contributed by atoms with Crippen LogP contribution in [0, 0.1) is 12.8 Å². The summed E-state index contributed by atoms with van der Waals surface area (Å²) in [5, 5.41) is 0. The van der Waals surface area contributed by atoms with Crippen molar-refractivity contribution in [3.63, 3.8) is 0 Å². The zero-order valence-electron chi connectivity index (χ0n) is 15.7. The van der Waals surface area contributed by atoms with Crippen molar-refractivity contribution in [1.29, 1.82) is 0 Å². The topological polar surface area (TPSA) is 52.6 Å². The molecule has 1 aliphatic heterocycles. The van der Waals surface area contributed by atoms with Crippen molar-refractivity contribution in [2.75, 3.05) is 0 Å². The number of rotatable bonds is 3. The molecule has 0 spiro atoms. The van der Waals surface area contributed by atoms with Crippen molar-refractivity contribution in [2.45, 2.75) is 39.0 Å². The van der Waals surface area contributed by atoms with E-state index in [9.17, 15) is 9.59 Å². The molecule has 1 heterocycles. The molecule has 0 aromatic heterocycles. The molecule has 1 aliphatic carbocycles.